The molecule has 0 aromatic heterocycles. The van der Waals surface area contributed by atoms with Gasteiger partial charge in [-0.05, 0) is 37.1 Å². The van der Waals surface area contributed by atoms with Crippen molar-refractivity contribution in [3.63, 3.8) is 0 Å². The second-order valence-corrected chi connectivity index (χ2v) is 8.58. The predicted octanol–water partition coefficient (Wildman–Crippen LogP) is 2.63. The number of halogens is 1. The van der Waals surface area contributed by atoms with Crippen molar-refractivity contribution in [2.45, 2.75) is 25.7 Å². The Bertz CT molecular complexity index is 644. The molecule has 0 saturated heterocycles. The maximum atomic E-state index is 12.4. The van der Waals surface area contributed by atoms with Crippen LogP contribution >= 0.6 is 10.7 Å². The van der Waals surface area contributed by atoms with Gasteiger partial charge in [-0.15, -0.1) is 0 Å². The molecule has 0 bridgehead atoms. The number of benzene rings is 1. The normalized spacial score (nSPS) is 15.3. The fourth-order valence-electron chi connectivity index (χ4n) is 1.32. The van der Waals surface area contributed by atoms with Crippen LogP contribution in [0.25, 0.3) is 0 Å². The van der Waals surface area contributed by atoms with Crippen molar-refractivity contribution in [1.29, 1.82) is 0 Å². The first-order chi connectivity index (χ1) is 7.68. The molecule has 1 aromatic rings. The summed E-state index contributed by atoms with van der Waals surface area (Å²) in [5, 5.41) is 0. The maximum Gasteiger partial charge on any atom is 0.347 e. The molecule has 96 valence electrons. The van der Waals surface area contributed by atoms with Gasteiger partial charge in [-0.3, -0.25) is 0 Å². The zero-order valence-electron chi connectivity index (χ0n) is 9.81. The van der Waals surface area contributed by atoms with E-state index in [-0.39, 0.29) is 5.75 Å². The first-order valence-corrected chi connectivity index (χ1v) is 8.91. The Balaban J connectivity index is 3.53. The molecule has 0 unspecified atom stereocenters. The molecule has 0 amide bonds. The first-order valence-electron chi connectivity index (χ1n) is 4.96. The summed E-state index contributed by atoms with van der Waals surface area (Å²) in [4.78, 5) is 0.396. The van der Waals surface area contributed by atoms with Gasteiger partial charge in [-0.25, -0.2) is 4.21 Å². The first kappa shape index (κ1) is 14.5. The highest BCUT2D eigenvalue weighted by Crippen LogP contribution is 2.20. The van der Waals surface area contributed by atoms with Gasteiger partial charge in [0, 0.05) is 21.3 Å². The summed E-state index contributed by atoms with van der Waals surface area (Å²) in [6.07, 6.45) is 0. The largest absolute Gasteiger partial charge is 0.347 e. The number of hydrogen-bond donors (Lipinski definition) is 0. The van der Waals surface area contributed by atoms with Crippen LogP contribution in [0.4, 0.5) is 0 Å². The van der Waals surface area contributed by atoms with E-state index in [2.05, 4.69) is 3.77 Å². The van der Waals surface area contributed by atoms with Gasteiger partial charge in [-0.2, -0.15) is 8.42 Å². The number of hydrogen-bond acceptors (Lipinski definition) is 3. The molecule has 4 nitrogen and oxygen atoms in total. The van der Waals surface area contributed by atoms with Crippen LogP contribution in [0.2, 0.25) is 0 Å². The molecule has 0 saturated carbocycles. The molecule has 17 heavy (non-hydrogen) atoms. The molecule has 0 aliphatic heterocycles. The van der Waals surface area contributed by atoms with Gasteiger partial charge in [0.05, 0.1) is 9.73 Å². The van der Waals surface area contributed by atoms with E-state index in [9.17, 15) is 12.6 Å². The molecule has 0 N–H and O–H groups in total. The number of aryl methyl sites for hydroxylation is 2. The molecular formula is C10H14ClNO3S2. The summed E-state index contributed by atoms with van der Waals surface area (Å²) in [7, 11) is -2.10. The molecule has 0 aliphatic rings. The van der Waals surface area contributed by atoms with Crippen LogP contribution < -0.4 is 0 Å². The Morgan fingerprint density at radius 1 is 1.18 bits per heavy atom. The van der Waals surface area contributed by atoms with Crippen LogP contribution in [0, 0.1) is 13.8 Å². The minimum absolute atomic E-state index is 0.0987. The third kappa shape index (κ3) is 3.69. The molecule has 7 heteroatoms. The highest BCUT2D eigenvalue weighted by molar-refractivity contribution is 8.17. The summed E-state index contributed by atoms with van der Waals surface area (Å²) in [6, 6.07) is 5.10. The van der Waals surface area contributed by atoms with Crippen molar-refractivity contribution in [3.8, 4) is 0 Å². The fourth-order valence-corrected chi connectivity index (χ4v) is 5.03. The van der Waals surface area contributed by atoms with Crippen LogP contribution in [-0.2, 0) is 19.0 Å². The quantitative estimate of drug-likeness (QED) is 0.805. The summed E-state index contributed by atoms with van der Waals surface area (Å²) in [5.74, 6) is 0.0987. The summed E-state index contributed by atoms with van der Waals surface area (Å²) >= 11 is 0. The zero-order chi connectivity index (χ0) is 13.3. The van der Waals surface area contributed by atoms with Crippen LogP contribution in [0.5, 0.6) is 0 Å². The van der Waals surface area contributed by atoms with Crippen LogP contribution in [-0.4, -0.2) is 18.4 Å². The van der Waals surface area contributed by atoms with Gasteiger partial charge in [0.25, 0.3) is 0 Å². The third-order valence-electron chi connectivity index (χ3n) is 2.45. The molecule has 0 aliphatic carbocycles. The number of nitrogens with zero attached hydrogens (tertiary/aromatic N) is 1. The Kier molecular flexibility index (Phi) is 4.22. The van der Waals surface area contributed by atoms with Crippen molar-refractivity contribution in [1.82, 2.24) is 0 Å². The minimum atomic E-state index is -4.14. The Morgan fingerprint density at radius 3 is 2.18 bits per heavy atom. The van der Waals surface area contributed by atoms with Gasteiger partial charge >= 0.3 is 9.24 Å². The SMILES string of the molecule is CC[S@](=O)(=NS(=O)(=O)Cl)c1ccc(C)c(C)c1. The van der Waals surface area contributed by atoms with Crippen LogP contribution in [0.1, 0.15) is 18.1 Å². The zero-order valence-corrected chi connectivity index (χ0v) is 12.2. The Hall–Kier alpha value is -0.590. The van der Waals surface area contributed by atoms with E-state index >= 15 is 0 Å². The van der Waals surface area contributed by atoms with Crippen molar-refractivity contribution < 1.29 is 12.6 Å². The monoisotopic (exact) mass is 295 g/mol. The van der Waals surface area contributed by atoms with E-state index in [1.165, 1.54) is 0 Å². The smallest absolute Gasteiger partial charge is 0.244 e. The lowest BCUT2D eigenvalue weighted by Gasteiger charge is -2.08. The Morgan fingerprint density at radius 2 is 1.76 bits per heavy atom. The van der Waals surface area contributed by atoms with E-state index in [4.69, 9.17) is 10.7 Å². The van der Waals surface area contributed by atoms with E-state index in [1.807, 2.05) is 13.8 Å². The maximum absolute atomic E-state index is 12.4. The van der Waals surface area contributed by atoms with Gasteiger partial charge in [-0.1, -0.05) is 16.8 Å². The van der Waals surface area contributed by atoms with Gasteiger partial charge in [0.15, 0.2) is 0 Å². The van der Waals surface area contributed by atoms with E-state index in [0.29, 0.717) is 4.90 Å². The van der Waals surface area contributed by atoms with Crippen molar-refractivity contribution in [3.05, 3.63) is 29.3 Å². The average molecular weight is 296 g/mol. The minimum Gasteiger partial charge on any atom is -0.244 e. The van der Waals surface area contributed by atoms with E-state index in [1.54, 1.807) is 25.1 Å². The third-order valence-corrected chi connectivity index (χ3v) is 6.40. The predicted molar refractivity (Wildman–Crippen MR) is 70.1 cm³/mol. The molecule has 0 radical (unpaired) electrons. The summed E-state index contributed by atoms with van der Waals surface area (Å²) in [6.45, 7) is 5.40. The lowest BCUT2D eigenvalue weighted by molar-refractivity contribution is 0.611. The topological polar surface area (TPSA) is 63.6 Å². The Labute approximate surface area is 107 Å². The molecule has 1 aromatic carbocycles. The standard InChI is InChI=1S/C10H14ClNO3S2/c1-4-16(13,12-17(11,14)15)10-6-5-8(2)9(3)7-10/h5-7H,4H2,1-3H3/t16-/m1/s1. The summed E-state index contributed by atoms with van der Waals surface area (Å²) in [5.41, 5.74) is 1.98. The highest BCUT2D eigenvalue weighted by Gasteiger charge is 2.15. The molecular weight excluding hydrogens is 282 g/mol. The summed E-state index contributed by atoms with van der Waals surface area (Å²) < 4.78 is 37.6. The van der Waals surface area contributed by atoms with Gasteiger partial charge < -0.3 is 0 Å². The van der Waals surface area contributed by atoms with E-state index in [0.717, 1.165) is 11.1 Å². The average Bonchev–Trinajstić information content (AvgIpc) is 2.19. The van der Waals surface area contributed by atoms with Gasteiger partial charge in [0.2, 0.25) is 0 Å². The van der Waals surface area contributed by atoms with Crippen molar-refractivity contribution in [2.75, 3.05) is 5.75 Å². The van der Waals surface area contributed by atoms with Crippen molar-refractivity contribution in [2.24, 2.45) is 3.77 Å². The van der Waals surface area contributed by atoms with Gasteiger partial charge in [0.1, 0.15) is 0 Å². The number of rotatable bonds is 3. The second-order valence-electron chi connectivity index (χ2n) is 3.66. The molecule has 1 atom stereocenters. The highest BCUT2D eigenvalue weighted by atomic mass is 35.7. The fraction of sp³-hybridized carbons (Fsp3) is 0.400. The second kappa shape index (κ2) is 4.96. The molecule has 0 spiro atoms. The molecule has 0 heterocycles. The lowest BCUT2D eigenvalue weighted by atomic mass is 10.1. The molecule has 1 rings (SSSR count). The molecule has 0 fully saturated rings. The van der Waals surface area contributed by atoms with Crippen LogP contribution in [0.3, 0.4) is 0 Å². The van der Waals surface area contributed by atoms with E-state index < -0.39 is 19.0 Å². The lowest BCUT2D eigenvalue weighted by Crippen LogP contribution is -2.06. The van der Waals surface area contributed by atoms with Crippen LogP contribution in [0.15, 0.2) is 26.9 Å². The van der Waals surface area contributed by atoms with Crippen molar-refractivity contribution >= 4 is 29.6 Å².